The van der Waals surface area contributed by atoms with Crippen molar-refractivity contribution in [1.29, 1.82) is 0 Å². The molecule has 0 radical (unpaired) electrons. The van der Waals surface area contributed by atoms with E-state index in [1.807, 2.05) is 6.92 Å². The minimum atomic E-state index is 0.492. The van der Waals surface area contributed by atoms with Crippen molar-refractivity contribution in [1.82, 2.24) is 15.5 Å². The minimum absolute atomic E-state index is 0.492. The molecule has 2 heterocycles. The Bertz CT molecular complexity index is 289. The van der Waals surface area contributed by atoms with Crippen LogP contribution in [0.2, 0.25) is 5.02 Å². The van der Waals surface area contributed by atoms with Crippen LogP contribution in [0.1, 0.15) is 30.1 Å². The van der Waals surface area contributed by atoms with E-state index in [4.69, 9.17) is 11.6 Å². The molecule has 0 aromatic carbocycles. The molecule has 3 nitrogen and oxygen atoms in total. The normalized spacial score (nSPS) is 23.4. The summed E-state index contributed by atoms with van der Waals surface area (Å²) in [4.78, 5) is 0. The van der Waals surface area contributed by atoms with E-state index in [9.17, 15) is 0 Å². The van der Waals surface area contributed by atoms with Crippen LogP contribution in [0.4, 0.5) is 0 Å². The lowest BCUT2D eigenvalue weighted by Crippen LogP contribution is -2.28. The van der Waals surface area contributed by atoms with Gasteiger partial charge in [-0.25, -0.2) is 0 Å². The topological polar surface area (TPSA) is 40.7 Å². The predicted molar refractivity (Wildman–Crippen MR) is 53.2 cm³/mol. The van der Waals surface area contributed by atoms with Gasteiger partial charge in [-0.15, -0.1) is 0 Å². The van der Waals surface area contributed by atoms with Gasteiger partial charge in [0.2, 0.25) is 0 Å². The van der Waals surface area contributed by atoms with Gasteiger partial charge < -0.3 is 5.32 Å². The Kier molecular flexibility index (Phi) is 2.56. The van der Waals surface area contributed by atoms with Gasteiger partial charge in [-0.2, -0.15) is 5.10 Å². The summed E-state index contributed by atoms with van der Waals surface area (Å²) >= 11 is 6.12. The quantitative estimate of drug-likeness (QED) is 0.725. The standard InChI is InChI=1S/C9H14ClN3/c1-6-8(10)9(13-12-6)7-3-2-4-11-5-7/h7,11H,2-5H2,1H3,(H,12,13). The number of rotatable bonds is 1. The number of aryl methyl sites for hydroxylation is 1. The summed E-state index contributed by atoms with van der Waals surface area (Å²) < 4.78 is 0. The van der Waals surface area contributed by atoms with Crippen molar-refractivity contribution in [3.8, 4) is 0 Å². The molecule has 1 atom stereocenters. The van der Waals surface area contributed by atoms with Gasteiger partial charge in [0.05, 0.1) is 16.4 Å². The minimum Gasteiger partial charge on any atom is -0.316 e. The number of aromatic amines is 1. The van der Waals surface area contributed by atoms with Crippen molar-refractivity contribution in [3.63, 3.8) is 0 Å². The summed E-state index contributed by atoms with van der Waals surface area (Å²) in [6, 6.07) is 0. The molecule has 13 heavy (non-hydrogen) atoms. The number of hydrogen-bond acceptors (Lipinski definition) is 2. The molecule has 4 heteroatoms. The third kappa shape index (κ3) is 1.71. The zero-order valence-electron chi connectivity index (χ0n) is 7.73. The van der Waals surface area contributed by atoms with E-state index < -0.39 is 0 Å². The average molecular weight is 200 g/mol. The second-order valence-electron chi connectivity index (χ2n) is 3.59. The smallest absolute Gasteiger partial charge is 0.0854 e. The molecular formula is C9H14ClN3. The Morgan fingerprint density at radius 1 is 1.54 bits per heavy atom. The van der Waals surface area contributed by atoms with Crippen molar-refractivity contribution in [2.75, 3.05) is 13.1 Å². The molecule has 1 aromatic rings. The summed E-state index contributed by atoms with van der Waals surface area (Å²) in [5, 5.41) is 11.3. The van der Waals surface area contributed by atoms with E-state index in [-0.39, 0.29) is 0 Å². The fourth-order valence-corrected chi connectivity index (χ4v) is 2.03. The zero-order chi connectivity index (χ0) is 9.26. The fraction of sp³-hybridized carbons (Fsp3) is 0.667. The molecule has 0 spiro atoms. The highest BCUT2D eigenvalue weighted by Crippen LogP contribution is 2.29. The Balaban J connectivity index is 2.18. The molecule has 2 rings (SSSR count). The van der Waals surface area contributed by atoms with Crippen LogP contribution in [-0.2, 0) is 0 Å². The van der Waals surface area contributed by atoms with Crippen molar-refractivity contribution >= 4 is 11.6 Å². The number of piperidine rings is 1. The number of nitrogens with one attached hydrogen (secondary N) is 2. The maximum atomic E-state index is 6.12. The second kappa shape index (κ2) is 3.68. The Morgan fingerprint density at radius 2 is 2.38 bits per heavy atom. The molecule has 0 saturated carbocycles. The number of aromatic nitrogens is 2. The highest BCUT2D eigenvalue weighted by Gasteiger charge is 2.21. The monoisotopic (exact) mass is 199 g/mol. The van der Waals surface area contributed by atoms with Crippen LogP contribution in [0.15, 0.2) is 0 Å². The lowest BCUT2D eigenvalue weighted by atomic mass is 9.96. The summed E-state index contributed by atoms with van der Waals surface area (Å²) in [7, 11) is 0. The molecule has 0 aliphatic carbocycles. The lowest BCUT2D eigenvalue weighted by molar-refractivity contribution is 0.454. The summed E-state index contributed by atoms with van der Waals surface area (Å²) in [5.41, 5.74) is 2.01. The first-order valence-corrected chi connectivity index (χ1v) is 5.08. The van der Waals surface area contributed by atoms with E-state index >= 15 is 0 Å². The van der Waals surface area contributed by atoms with Gasteiger partial charge in [-0.1, -0.05) is 11.6 Å². The number of hydrogen-bond donors (Lipinski definition) is 2. The number of halogens is 1. The molecule has 1 aliphatic rings. The van der Waals surface area contributed by atoms with E-state index in [1.54, 1.807) is 0 Å². The molecular weight excluding hydrogens is 186 g/mol. The maximum absolute atomic E-state index is 6.12. The number of nitrogens with zero attached hydrogens (tertiary/aromatic N) is 1. The van der Waals surface area contributed by atoms with Crippen LogP contribution >= 0.6 is 11.6 Å². The Labute approximate surface area is 82.9 Å². The first kappa shape index (κ1) is 9.03. The van der Waals surface area contributed by atoms with Crippen molar-refractivity contribution in [2.24, 2.45) is 0 Å². The third-order valence-corrected chi connectivity index (χ3v) is 3.06. The molecule has 72 valence electrons. The predicted octanol–water partition coefficient (Wildman–Crippen LogP) is 1.84. The van der Waals surface area contributed by atoms with Crippen molar-refractivity contribution in [3.05, 3.63) is 16.4 Å². The van der Waals surface area contributed by atoms with Crippen LogP contribution in [0.25, 0.3) is 0 Å². The van der Waals surface area contributed by atoms with Crippen LogP contribution in [0.3, 0.4) is 0 Å². The van der Waals surface area contributed by atoms with Gasteiger partial charge in [0.25, 0.3) is 0 Å². The largest absolute Gasteiger partial charge is 0.316 e. The molecule has 0 amide bonds. The SMILES string of the molecule is Cc1[nH]nc(C2CCCNC2)c1Cl. The van der Waals surface area contributed by atoms with Crippen LogP contribution in [0, 0.1) is 6.92 Å². The molecule has 1 unspecified atom stereocenters. The van der Waals surface area contributed by atoms with E-state index in [1.165, 1.54) is 12.8 Å². The Morgan fingerprint density at radius 3 is 2.92 bits per heavy atom. The van der Waals surface area contributed by atoms with Crippen LogP contribution < -0.4 is 5.32 Å². The average Bonchev–Trinajstić information content (AvgIpc) is 2.49. The maximum Gasteiger partial charge on any atom is 0.0854 e. The summed E-state index contributed by atoms with van der Waals surface area (Å²) in [5.74, 6) is 0.492. The summed E-state index contributed by atoms with van der Waals surface area (Å²) in [6.45, 7) is 4.08. The highest BCUT2D eigenvalue weighted by atomic mass is 35.5. The van der Waals surface area contributed by atoms with E-state index in [0.29, 0.717) is 5.92 Å². The van der Waals surface area contributed by atoms with Crippen LogP contribution in [0.5, 0.6) is 0 Å². The molecule has 1 aliphatic heterocycles. The fourth-order valence-electron chi connectivity index (χ4n) is 1.79. The molecule has 1 fully saturated rings. The zero-order valence-corrected chi connectivity index (χ0v) is 8.49. The first-order valence-electron chi connectivity index (χ1n) is 4.70. The first-order chi connectivity index (χ1) is 6.29. The van der Waals surface area contributed by atoms with Crippen molar-refractivity contribution < 1.29 is 0 Å². The van der Waals surface area contributed by atoms with Crippen LogP contribution in [-0.4, -0.2) is 23.3 Å². The molecule has 2 N–H and O–H groups in total. The van der Waals surface area contributed by atoms with Crippen molar-refractivity contribution in [2.45, 2.75) is 25.7 Å². The van der Waals surface area contributed by atoms with E-state index in [2.05, 4.69) is 15.5 Å². The number of H-pyrrole nitrogens is 1. The third-order valence-electron chi connectivity index (χ3n) is 2.58. The van der Waals surface area contributed by atoms with Gasteiger partial charge in [-0.05, 0) is 26.3 Å². The van der Waals surface area contributed by atoms with E-state index in [0.717, 1.165) is 29.5 Å². The van der Waals surface area contributed by atoms with Gasteiger partial charge in [0, 0.05) is 12.5 Å². The highest BCUT2D eigenvalue weighted by molar-refractivity contribution is 6.31. The van der Waals surface area contributed by atoms with Gasteiger partial charge in [0.1, 0.15) is 0 Å². The summed E-state index contributed by atoms with van der Waals surface area (Å²) in [6.07, 6.45) is 2.41. The molecule has 0 bridgehead atoms. The van der Waals surface area contributed by atoms with Gasteiger partial charge in [0.15, 0.2) is 0 Å². The second-order valence-corrected chi connectivity index (χ2v) is 3.97. The Hall–Kier alpha value is -0.540. The molecule has 1 aromatic heterocycles. The van der Waals surface area contributed by atoms with Gasteiger partial charge >= 0.3 is 0 Å². The van der Waals surface area contributed by atoms with Gasteiger partial charge in [-0.3, -0.25) is 5.10 Å². The molecule has 1 saturated heterocycles. The lowest BCUT2D eigenvalue weighted by Gasteiger charge is -2.21.